The zero-order valence-corrected chi connectivity index (χ0v) is 11.6. The lowest BCUT2D eigenvalue weighted by atomic mass is 9.91. The van der Waals surface area contributed by atoms with Crippen molar-refractivity contribution in [1.29, 1.82) is 0 Å². The molecule has 18 heavy (non-hydrogen) atoms. The topological polar surface area (TPSA) is 39.1 Å². The molecule has 0 spiro atoms. The van der Waals surface area contributed by atoms with Gasteiger partial charge in [-0.1, -0.05) is 13.8 Å². The van der Waals surface area contributed by atoms with Crippen LogP contribution in [0.1, 0.15) is 44.8 Å². The van der Waals surface area contributed by atoms with Gasteiger partial charge >= 0.3 is 0 Å². The molecule has 2 heterocycles. The largest absolute Gasteiger partial charge is 0.381 e. The van der Waals surface area contributed by atoms with Crippen LogP contribution in [0.15, 0.2) is 12.3 Å². The van der Waals surface area contributed by atoms with E-state index in [4.69, 9.17) is 4.74 Å². The van der Waals surface area contributed by atoms with E-state index >= 15 is 0 Å². The molecule has 1 aliphatic heterocycles. The van der Waals surface area contributed by atoms with Crippen LogP contribution in [0, 0.1) is 5.92 Å². The number of rotatable bonds is 6. The molecule has 0 bridgehead atoms. The van der Waals surface area contributed by atoms with Gasteiger partial charge in [0.25, 0.3) is 0 Å². The third-order valence-electron chi connectivity index (χ3n) is 3.59. The Hall–Kier alpha value is -0.870. The maximum Gasteiger partial charge on any atom is 0.0557 e. The highest BCUT2D eigenvalue weighted by Crippen LogP contribution is 2.28. The van der Waals surface area contributed by atoms with Gasteiger partial charge in [-0.25, -0.2) is 0 Å². The Bertz CT molecular complexity index is 345. The Morgan fingerprint density at radius 2 is 2.44 bits per heavy atom. The molecule has 2 rings (SSSR count). The standard InChI is InChI=1S/C14H25N3O/c1-3-9-17-13(7-8-16-17)14(15-4-2)12-6-5-10-18-11-12/h7-8,12,14-15H,3-6,9-11H2,1-2H3. The van der Waals surface area contributed by atoms with E-state index in [1.54, 1.807) is 0 Å². The lowest BCUT2D eigenvalue weighted by molar-refractivity contribution is 0.0379. The van der Waals surface area contributed by atoms with Gasteiger partial charge in [0, 0.05) is 25.3 Å². The van der Waals surface area contributed by atoms with Gasteiger partial charge in [-0.3, -0.25) is 4.68 Å². The summed E-state index contributed by atoms with van der Waals surface area (Å²) in [5.74, 6) is 0.575. The molecule has 2 unspecified atom stereocenters. The smallest absolute Gasteiger partial charge is 0.0557 e. The molecule has 0 aliphatic carbocycles. The van der Waals surface area contributed by atoms with E-state index in [1.165, 1.54) is 18.5 Å². The highest BCUT2D eigenvalue weighted by atomic mass is 16.5. The molecule has 1 saturated heterocycles. The summed E-state index contributed by atoms with van der Waals surface area (Å²) in [4.78, 5) is 0. The summed E-state index contributed by atoms with van der Waals surface area (Å²) >= 11 is 0. The fourth-order valence-corrected chi connectivity index (χ4v) is 2.77. The highest BCUT2D eigenvalue weighted by molar-refractivity contribution is 5.09. The molecule has 1 aromatic rings. The average Bonchev–Trinajstić information content (AvgIpc) is 2.85. The van der Waals surface area contributed by atoms with Gasteiger partial charge in [0.1, 0.15) is 0 Å². The van der Waals surface area contributed by atoms with E-state index < -0.39 is 0 Å². The van der Waals surface area contributed by atoms with E-state index in [2.05, 4.69) is 35.0 Å². The van der Waals surface area contributed by atoms with Crippen molar-refractivity contribution >= 4 is 0 Å². The monoisotopic (exact) mass is 251 g/mol. The summed E-state index contributed by atoms with van der Waals surface area (Å²) in [7, 11) is 0. The van der Waals surface area contributed by atoms with Crippen molar-refractivity contribution in [1.82, 2.24) is 15.1 Å². The molecule has 0 aromatic carbocycles. The van der Waals surface area contributed by atoms with Crippen molar-refractivity contribution in [2.45, 2.75) is 45.7 Å². The van der Waals surface area contributed by atoms with E-state index in [1.807, 2.05) is 6.20 Å². The van der Waals surface area contributed by atoms with E-state index in [-0.39, 0.29) is 0 Å². The molecular weight excluding hydrogens is 226 g/mol. The van der Waals surface area contributed by atoms with Crippen molar-refractivity contribution in [3.05, 3.63) is 18.0 Å². The van der Waals surface area contributed by atoms with Gasteiger partial charge in [0.2, 0.25) is 0 Å². The van der Waals surface area contributed by atoms with Crippen LogP contribution in [0.3, 0.4) is 0 Å². The number of hydrogen-bond donors (Lipinski definition) is 1. The Kier molecular flexibility index (Phi) is 5.20. The van der Waals surface area contributed by atoms with Crippen molar-refractivity contribution in [2.24, 2.45) is 5.92 Å². The minimum atomic E-state index is 0.379. The first-order valence-electron chi connectivity index (χ1n) is 7.19. The summed E-state index contributed by atoms with van der Waals surface area (Å²) in [6.45, 7) is 8.13. The third kappa shape index (κ3) is 3.12. The Labute approximate surface area is 110 Å². The Balaban J connectivity index is 2.14. The van der Waals surface area contributed by atoms with Gasteiger partial charge < -0.3 is 10.1 Å². The fraction of sp³-hybridized carbons (Fsp3) is 0.786. The predicted octanol–water partition coefficient (Wildman–Crippen LogP) is 2.37. The van der Waals surface area contributed by atoms with Gasteiger partial charge in [-0.15, -0.1) is 0 Å². The molecule has 0 saturated carbocycles. The van der Waals surface area contributed by atoms with Crippen molar-refractivity contribution < 1.29 is 4.74 Å². The summed E-state index contributed by atoms with van der Waals surface area (Å²) in [5.41, 5.74) is 1.31. The number of ether oxygens (including phenoxy) is 1. The summed E-state index contributed by atoms with van der Waals surface area (Å²) in [6, 6.07) is 2.53. The number of nitrogens with one attached hydrogen (secondary N) is 1. The Morgan fingerprint density at radius 1 is 1.56 bits per heavy atom. The van der Waals surface area contributed by atoms with E-state index in [9.17, 15) is 0 Å². The first-order chi connectivity index (χ1) is 8.86. The van der Waals surface area contributed by atoms with Crippen LogP contribution in [0.4, 0.5) is 0 Å². The number of hydrogen-bond acceptors (Lipinski definition) is 3. The molecule has 1 N–H and O–H groups in total. The minimum Gasteiger partial charge on any atom is -0.381 e. The predicted molar refractivity (Wildman–Crippen MR) is 72.5 cm³/mol. The highest BCUT2D eigenvalue weighted by Gasteiger charge is 2.27. The van der Waals surface area contributed by atoms with E-state index in [0.29, 0.717) is 12.0 Å². The van der Waals surface area contributed by atoms with E-state index in [0.717, 1.165) is 32.7 Å². The van der Waals surface area contributed by atoms with Crippen molar-refractivity contribution in [3.63, 3.8) is 0 Å². The normalized spacial score (nSPS) is 22.0. The number of aryl methyl sites for hydroxylation is 1. The number of nitrogens with zero attached hydrogens (tertiary/aromatic N) is 2. The SMILES string of the molecule is CCCn1nccc1C(NCC)C1CCCOC1. The van der Waals surface area contributed by atoms with Gasteiger partial charge in [-0.05, 0) is 31.9 Å². The first kappa shape index (κ1) is 13.6. The molecule has 4 heteroatoms. The van der Waals surface area contributed by atoms with Crippen LogP contribution in [-0.4, -0.2) is 29.5 Å². The van der Waals surface area contributed by atoms with Crippen LogP contribution in [0.5, 0.6) is 0 Å². The third-order valence-corrected chi connectivity index (χ3v) is 3.59. The summed E-state index contributed by atoms with van der Waals surface area (Å²) < 4.78 is 7.78. The van der Waals surface area contributed by atoms with Gasteiger partial charge in [-0.2, -0.15) is 5.10 Å². The van der Waals surface area contributed by atoms with Crippen LogP contribution >= 0.6 is 0 Å². The van der Waals surface area contributed by atoms with Crippen LogP contribution in [-0.2, 0) is 11.3 Å². The lowest BCUT2D eigenvalue weighted by Gasteiger charge is -2.31. The van der Waals surface area contributed by atoms with Crippen molar-refractivity contribution in [3.8, 4) is 0 Å². The zero-order valence-electron chi connectivity index (χ0n) is 11.6. The maximum atomic E-state index is 5.64. The molecule has 4 nitrogen and oxygen atoms in total. The fourth-order valence-electron chi connectivity index (χ4n) is 2.77. The molecule has 0 amide bonds. The Morgan fingerprint density at radius 3 is 3.11 bits per heavy atom. The van der Waals surface area contributed by atoms with Crippen LogP contribution in [0.2, 0.25) is 0 Å². The second-order valence-corrected chi connectivity index (χ2v) is 4.99. The second-order valence-electron chi connectivity index (χ2n) is 4.99. The molecule has 2 atom stereocenters. The molecule has 1 aromatic heterocycles. The summed E-state index contributed by atoms with van der Waals surface area (Å²) in [6.07, 6.45) is 5.46. The molecule has 0 radical (unpaired) electrons. The van der Waals surface area contributed by atoms with Gasteiger partial charge in [0.05, 0.1) is 18.3 Å². The quantitative estimate of drug-likeness (QED) is 0.843. The lowest BCUT2D eigenvalue weighted by Crippen LogP contribution is -2.34. The summed E-state index contributed by atoms with van der Waals surface area (Å²) in [5, 5.41) is 8.05. The average molecular weight is 251 g/mol. The first-order valence-corrected chi connectivity index (χ1v) is 7.19. The minimum absolute atomic E-state index is 0.379. The van der Waals surface area contributed by atoms with Gasteiger partial charge in [0.15, 0.2) is 0 Å². The van der Waals surface area contributed by atoms with Crippen molar-refractivity contribution in [2.75, 3.05) is 19.8 Å². The molecule has 1 fully saturated rings. The molecule has 1 aliphatic rings. The van der Waals surface area contributed by atoms with Crippen LogP contribution < -0.4 is 5.32 Å². The maximum absolute atomic E-state index is 5.64. The molecule has 102 valence electrons. The number of aromatic nitrogens is 2. The van der Waals surface area contributed by atoms with Crippen LogP contribution in [0.25, 0.3) is 0 Å². The molecular formula is C14H25N3O. The second kappa shape index (κ2) is 6.90. The zero-order chi connectivity index (χ0) is 12.8.